The number of aliphatic hydroxyl groups excluding tert-OH is 3. The van der Waals surface area contributed by atoms with Gasteiger partial charge in [-0.1, -0.05) is 133 Å². The number of pyridine rings is 3. The second-order valence-corrected chi connectivity index (χ2v) is 29.8. The number of hydrogen-bond donors (Lipinski definition) is 3. The fourth-order valence-corrected chi connectivity index (χ4v) is 10.9. The summed E-state index contributed by atoms with van der Waals surface area (Å²) < 4.78 is 30.7. The summed E-state index contributed by atoms with van der Waals surface area (Å²) >= 11 is 0. The van der Waals surface area contributed by atoms with Crippen LogP contribution in [0.25, 0.3) is 64.6 Å². The third-order valence-electron chi connectivity index (χ3n) is 19.1. The normalized spacial score (nSPS) is 11.7. The number of aryl methyl sites for hydroxylation is 3. The third kappa shape index (κ3) is 26.8. The van der Waals surface area contributed by atoms with Gasteiger partial charge >= 0.3 is 0 Å². The number of para-hydroxylation sites is 3. The fourth-order valence-electron chi connectivity index (χ4n) is 10.9. The molecule has 12 rings (SSSR count). The quantitative estimate of drug-likeness (QED) is 0.0361. The van der Waals surface area contributed by atoms with Crippen molar-refractivity contribution in [2.75, 3.05) is 0 Å². The summed E-state index contributed by atoms with van der Waals surface area (Å²) in [6.07, 6.45) is 12.8. The summed E-state index contributed by atoms with van der Waals surface area (Å²) in [5.74, 6) is 4.28. The average molecular weight is 2010 g/mol. The van der Waals surface area contributed by atoms with Gasteiger partial charge in [0.1, 0.15) is 17.3 Å². The first-order chi connectivity index (χ1) is 50.5. The first-order valence-electron chi connectivity index (χ1n) is 36.4. The zero-order valence-electron chi connectivity index (χ0n) is 66.5. The van der Waals surface area contributed by atoms with E-state index >= 15 is 0 Å². The van der Waals surface area contributed by atoms with Crippen molar-refractivity contribution in [3.63, 3.8) is 0 Å². The standard InChI is InChI=1S/C23H20NO.C21H16NO.C19H11FNO.C15H28O2.C11H20O2.C5H8O2.3Ir/c1-15(2)17-9-10-18-12-20-14-24-23(25-21-7-5-4-6-8-21)16(3)22(20)13-19(18)11-17;1-14-8-16-10-18-12-21(23-20-6-4-3-5-7-20)22-13-19(18)11-17(16)9-15(14)2;20-17-7-6-13-8-16-12-21-19(11-15(16)9-14(13)10-17)22-18-4-2-1-3-5-18;1-7-14(5,8-2)12(16)11-13(17)15(6,9-3)10-4;1-10(2,3)8(12)7-9(13)11(4,5)6;1-4(6)3-5(2)7;;;/h4-7,9-15H,1-3H3;3-6,8-13H,1-2H3;1-4,6-12H;11,16H,7-10H2,1-6H3;7,12H,1-6H3;3,6H,1-2H3;;;/q3*-1;;;;;;. The largest absolute Gasteiger partial charge is 0.512 e. The van der Waals surface area contributed by atoms with Crippen molar-refractivity contribution in [3.05, 3.63) is 270 Å². The number of nitrogens with zero attached hydrogens (tertiary/aromatic N) is 3. The summed E-state index contributed by atoms with van der Waals surface area (Å²) in [4.78, 5) is 46.9. The van der Waals surface area contributed by atoms with Crippen molar-refractivity contribution >= 4 is 82.0 Å². The number of ether oxygens (including phenoxy) is 3. The van der Waals surface area contributed by atoms with Gasteiger partial charge in [-0.3, -0.25) is 14.4 Å². The van der Waals surface area contributed by atoms with Crippen LogP contribution in [0.1, 0.15) is 165 Å². The number of rotatable bonds is 16. The molecule has 12 aromatic rings. The molecular weight excluding hydrogens is 1910 g/mol. The zero-order chi connectivity index (χ0) is 78.6. The molecule has 3 heterocycles. The van der Waals surface area contributed by atoms with Crippen LogP contribution in [0.5, 0.6) is 34.9 Å². The Morgan fingerprint density at radius 1 is 0.445 bits per heavy atom. The number of fused-ring (bicyclic) bond motifs is 6. The molecule has 585 valence electrons. The molecule has 0 saturated heterocycles. The van der Waals surface area contributed by atoms with E-state index in [-0.39, 0.29) is 117 Å². The van der Waals surface area contributed by atoms with Crippen molar-refractivity contribution in [2.24, 2.45) is 21.7 Å². The van der Waals surface area contributed by atoms with Gasteiger partial charge in [0.25, 0.3) is 0 Å². The van der Waals surface area contributed by atoms with Gasteiger partial charge in [0.2, 0.25) is 17.6 Å². The molecule has 9 aromatic carbocycles. The molecule has 0 saturated carbocycles. The number of aromatic nitrogens is 3. The molecule has 0 aliphatic carbocycles. The number of halogens is 1. The average Bonchev–Trinajstić information content (AvgIpc) is 0.786. The molecule has 3 N–H and O–H groups in total. The van der Waals surface area contributed by atoms with E-state index in [2.05, 4.69) is 122 Å². The molecular formula is C94H103FIr3N3O9-3. The Hall–Kier alpha value is -9.10. The van der Waals surface area contributed by atoms with E-state index in [1.807, 2.05) is 186 Å². The maximum absolute atomic E-state index is 13.4. The van der Waals surface area contributed by atoms with Crippen LogP contribution in [0.4, 0.5) is 4.39 Å². The van der Waals surface area contributed by atoms with Gasteiger partial charge in [0.15, 0.2) is 17.3 Å². The Morgan fingerprint density at radius 3 is 1.27 bits per heavy atom. The summed E-state index contributed by atoms with van der Waals surface area (Å²) in [5.41, 5.74) is 3.65. The van der Waals surface area contributed by atoms with Crippen LogP contribution >= 0.6 is 0 Å². The molecule has 3 radical (unpaired) electrons. The molecule has 0 unspecified atom stereocenters. The van der Waals surface area contributed by atoms with E-state index in [0.29, 0.717) is 40.8 Å². The van der Waals surface area contributed by atoms with Crippen LogP contribution in [0.2, 0.25) is 0 Å². The Kier molecular flexibility index (Phi) is 35.9. The molecule has 110 heavy (non-hydrogen) atoms. The summed E-state index contributed by atoms with van der Waals surface area (Å²) in [5, 5.41) is 41.4. The van der Waals surface area contributed by atoms with Crippen LogP contribution in [0.15, 0.2) is 224 Å². The maximum Gasteiger partial charge on any atom is 0.220 e. The second-order valence-electron chi connectivity index (χ2n) is 29.8. The van der Waals surface area contributed by atoms with Crippen LogP contribution in [0, 0.1) is 66.4 Å². The minimum absolute atomic E-state index is 0. The van der Waals surface area contributed by atoms with Gasteiger partial charge in [-0.25, -0.2) is 19.3 Å². The predicted molar refractivity (Wildman–Crippen MR) is 437 cm³/mol. The number of hydrogen-bond acceptors (Lipinski definition) is 12. The molecule has 0 atom stereocenters. The van der Waals surface area contributed by atoms with Crippen molar-refractivity contribution in [1.29, 1.82) is 0 Å². The van der Waals surface area contributed by atoms with Crippen molar-refractivity contribution < 1.29 is 109 Å². The molecule has 0 spiro atoms. The monoisotopic (exact) mass is 2020 g/mol. The fraction of sp³-hybridized carbons (Fsp3) is 0.298. The Labute approximate surface area is 690 Å². The molecule has 0 bridgehead atoms. The SMILES string of the molecule is CC(=O)C=C(C)O.CC(C)(C)C(=O)C=C(O)C(C)(C)C.CCC(C)(CC)C(=O)C=C(O)C(C)(CC)CC.Cc1c(Oc2[c-]cccc2)ncc2cc3ccc(C(C)C)cc3cc12.Cc1cc2cc3cnc(Oc4[c-]cccc4)cc3cc2cc1C.Fc1ccc2cc3cnc(Oc4[c-]cccc4)cc3cc2c1.[Ir].[Ir].[Ir]. The third-order valence-corrected chi connectivity index (χ3v) is 19.1. The first-order valence-corrected chi connectivity index (χ1v) is 36.4. The number of allylic oxidation sites excluding steroid dienone is 6. The summed E-state index contributed by atoms with van der Waals surface area (Å²) in [6.45, 7) is 36.8. The van der Waals surface area contributed by atoms with Crippen LogP contribution in [-0.2, 0) is 74.7 Å². The zero-order valence-corrected chi connectivity index (χ0v) is 73.7. The number of carbonyl (C=O) groups excluding carboxylic acids is 3. The number of carbonyl (C=O) groups is 3. The van der Waals surface area contributed by atoms with Crippen molar-refractivity contribution in [2.45, 2.75) is 163 Å². The van der Waals surface area contributed by atoms with Gasteiger partial charge in [0.05, 0.1) is 5.76 Å². The van der Waals surface area contributed by atoms with Crippen LogP contribution in [0.3, 0.4) is 0 Å². The molecule has 0 aliphatic rings. The van der Waals surface area contributed by atoms with Crippen LogP contribution in [-0.4, -0.2) is 47.6 Å². The molecule has 0 fully saturated rings. The van der Waals surface area contributed by atoms with E-state index < -0.39 is 5.41 Å². The Morgan fingerprint density at radius 2 is 0.855 bits per heavy atom. The maximum atomic E-state index is 13.4. The van der Waals surface area contributed by atoms with E-state index in [9.17, 15) is 29.0 Å². The summed E-state index contributed by atoms with van der Waals surface area (Å²) in [7, 11) is 0. The van der Waals surface area contributed by atoms with E-state index in [4.69, 9.17) is 19.3 Å². The minimum Gasteiger partial charge on any atom is -0.512 e. The topological polar surface area (TPSA) is 178 Å². The van der Waals surface area contributed by atoms with Gasteiger partial charge in [-0.05, 0) is 180 Å². The van der Waals surface area contributed by atoms with Crippen LogP contribution < -0.4 is 14.2 Å². The number of aliphatic hydroxyl groups is 3. The van der Waals surface area contributed by atoms with E-state index in [1.165, 1.54) is 87.8 Å². The Balaban J connectivity index is 0.000000286. The number of ketones is 3. The molecule has 12 nitrogen and oxygen atoms in total. The molecule has 0 aliphatic heterocycles. The van der Waals surface area contributed by atoms with Gasteiger partial charge in [-0.15, -0.1) is 36.4 Å². The first kappa shape index (κ1) is 93.3. The molecule has 3 aromatic heterocycles. The van der Waals surface area contributed by atoms with E-state index in [1.54, 1.807) is 18.3 Å². The predicted octanol–water partition coefficient (Wildman–Crippen LogP) is 25.9. The van der Waals surface area contributed by atoms with Gasteiger partial charge in [0, 0.05) is 170 Å². The number of benzene rings is 9. The molecule has 16 heteroatoms. The second kappa shape index (κ2) is 42.3. The minimum atomic E-state index is -0.417. The molecule has 0 amide bonds. The van der Waals surface area contributed by atoms with Crippen molar-refractivity contribution in [3.8, 4) is 34.9 Å². The van der Waals surface area contributed by atoms with Gasteiger partial charge in [-0.2, -0.15) is 54.6 Å². The smallest absolute Gasteiger partial charge is 0.220 e. The summed E-state index contributed by atoms with van der Waals surface area (Å²) in [6, 6.07) is 64.1. The van der Waals surface area contributed by atoms with Gasteiger partial charge < -0.3 is 29.5 Å². The van der Waals surface area contributed by atoms with Crippen molar-refractivity contribution in [1.82, 2.24) is 15.0 Å². The van der Waals surface area contributed by atoms with E-state index in [0.717, 1.165) is 69.0 Å². The Bertz CT molecular complexity index is 5160.